The number of ketones is 1. The molecule has 2 rings (SSSR count). The standard InChI is InChI=1S/C20H20N2O3/c1-15(23)22-12-2-3-16-4-8-18(9-5-16)20(24)14-25-19-10-6-17(13-21)7-11-19/h4-11H,2-3,12,14H2,1H3,(H,22,23). The largest absolute Gasteiger partial charge is 0.485 e. The van der Waals surface area contributed by atoms with Crippen molar-refractivity contribution in [1.29, 1.82) is 5.26 Å². The van der Waals surface area contributed by atoms with Gasteiger partial charge in [0.25, 0.3) is 0 Å². The summed E-state index contributed by atoms with van der Waals surface area (Å²) in [7, 11) is 0. The number of carbonyl (C=O) groups is 2. The Labute approximate surface area is 147 Å². The molecule has 0 aliphatic rings. The molecule has 0 aliphatic heterocycles. The molecule has 0 bridgehead atoms. The molecule has 5 nitrogen and oxygen atoms in total. The van der Waals surface area contributed by atoms with Crippen molar-refractivity contribution in [3.63, 3.8) is 0 Å². The fraction of sp³-hybridized carbons (Fsp3) is 0.250. The van der Waals surface area contributed by atoms with Crippen LogP contribution in [-0.2, 0) is 11.2 Å². The van der Waals surface area contributed by atoms with Gasteiger partial charge in [-0.1, -0.05) is 24.3 Å². The van der Waals surface area contributed by atoms with E-state index < -0.39 is 0 Å². The maximum absolute atomic E-state index is 12.2. The second kappa shape index (κ2) is 9.24. The number of nitrogens with one attached hydrogen (secondary N) is 1. The average Bonchev–Trinajstić information content (AvgIpc) is 2.64. The van der Waals surface area contributed by atoms with Crippen LogP contribution in [0.1, 0.15) is 34.8 Å². The van der Waals surface area contributed by atoms with E-state index in [2.05, 4.69) is 5.32 Å². The van der Waals surface area contributed by atoms with Gasteiger partial charge < -0.3 is 10.1 Å². The number of hydrogen-bond acceptors (Lipinski definition) is 4. The molecule has 25 heavy (non-hydrogen) atoms. The zero-order valence-electron chi connectivity index (χ0n) is 14.1. The van der Waals surface area contributed by atoms with E-state index >= 15 is 0 Å². The first-order chi connectivity index (χ1) is 12.1. The first kappa shape index (κ1) is 18.2. The minimum Gasteiger partial charge on any atom is -0.485 e. The van der Waals surface area contributed by atoms with Crippen molar-refractivity contribution in [2.75, 3.05) is 13.2 Å². The number of Topliss-reactive ketones (excluding diaryl/α,β-unsaturated/α-hetero) is 1. The summed E-state index contributed by atoms with van der Waals surface area (Å²) >= 11 is 0. The van der Waals surface area contributed by atoms with E-state index in [1.807, 2.05) is 18.2 Å². The molecule has 0 heterocycles. The summed E-state index contributed by atoms with van der Waals surface area (Å²) in [4.78, 5) is 23.0. The topological polar surface area (TPSA) is 79.2 Å². The normalized spacial score (nSPS) is 9.92. The van der Waals surface area contributed by atoms with Crippen molar-refractivity contribution in [3.8, 4) is 11.8 Å². The first-order valence-corrected chi connectivity index (χ1v) is 8.08. The van der Waals surface area contributed by atoms with Crippen LogP contribution in [0.25, 0.3) is 0 Å². The Morgan fingerprint density at radius 2 is 1.76 bits per heavy atom. The van der Waals surface area contributed by atoms with Gasteiger partial charge in [-0.05, 0) is 42.7 Å². The van der Waals surface area contributed by atoms with E-state index in [1.54, 1.807) is 36.4 Å². The molecule has 0 spiro atoms. The highest BCUT2D eigenvalue weighted by Gasteiger charge is 2.07. The second-order valence-electron chi connectivity index (χ2n) is 5.63. The van der Waals surface area contributed by atoms with E-state index in [0.717, 1.165) is 18.4 Å². The highest BCUT2D eigenvalue weighted by molar-refractivity contribution is 5.97. The van der Waals surface area contributed by atoms with Crippen LogP contribution in [0.3, 0.4) is 0 Å². The fourth-order valence-electron chi connectivity index (χ4n) is 2.27. The van der Waals surface area contributed by atoms with E-state index in [9.17, 15) is 9.59 Å². The highest BCUT2D eigenvalue weighted by Crippen LogP contribution is 2.13. The highest BCUT2D eigenvalue weighted by atomic mass is 16.5. The molecule has 1 N–H and O–H groups in total. The molecule has 0 aromatic heterocycles. The van der Waals surface area contributed by atoms with Crippen molar-refractivity contribution >= 4 is 11.7 Å². The molecular weight excluding hydrogens is 316 g/mol. The Bertz CT molecular complexity index is 759. The van der Waals surface area contributed by atoms with Crippen LogP contribution in [0.15, 0.2) is 48.5 Å². The van der Waals surface area contributed by atoms with Crippen LogP contribution in [0.4, 0.5) is 0 Å². The zero-order chi connectivity index (χ0) is 18.1. The summed E-state index contributed by atoms with van der Waals surface area (Å²) < 4.78 is 5.45. The minimum absolute atomic E-state index is 0.0248. The van der Waals surface area contributed by atoms with Crippen LogP contribution in [-0.4, -0.2) is 24.8 Å². The van der Waals surface area contributed by atoms with E-state index in [0.29, 0.717) is 23.4 Å². The van der Waals surface area contributed by atoms with Crippen molar-refractivity contribution in [3.05, 3.63) is 65.2 Å². The molecule has 0 aliphatic carbocycles. The minimum atomic E-state index is -0.103. The van der Waals surface area contributed by atoms with Gasteiger partial charge in [-0.2, -0.15) is 5.26 Å². The van der Waals surface area contributed by atoms with Gasteiger partial charge in [0.15, 0.2) is 12.4 Å². The first-order valence-electron chi connectivity index (χ1n) is 8.08. The predicted molar refractivity (Wildman–Crippen MR) is 94.4 cm³/mol. The lowest BCUT2D eigenvalue weighted by atomic mass is 10.1. The monoisotopic (exact) mass is 336 g/mol. The van der Waals surface area contributed by atoms with Crippen LogP contribution < -0.4 is 10.1 Å². The van der Waals surface area contributed by atoms with Crippen LogP contribution >= 0.6 is 0 Å². The number of benzene rings is 2. The number of hydrogen-bond donors (Lipinski definition) is 1. The summed E-state index contributed by atoms with van der Waals surface area (Å²) in [6.07, 6.45) is 1.70. The van der Waals surface area contributed by atoms with Crippen molar-refractivity contribution in [1.82, 2.24) is 5.32 Å². The average molecular weight is 336 g/mol. The third kappa shape index (κ3) is 6.11. The van der Waals surface area contributed by atoms with Gasteiger partial charge in [-0.15, -0.1) is 0 Å². The molecule has 128 valence electrons. The number of ether oxygens (including phenoxy) is 1. The molecule has 5 heteroatoms. The molecule has 0 saturated carbocycles. The van der Waals surface area contributed by atoms with Gasteiger partial charge in [0.1, 0.15) is 5.75 Å². The maximum atomic E-state index is 12.2. The third-order valence-corrected chi connectivity index (χ3v) is 3.65. The van der Waals surface area contributed by atoms with Crippen LogP contribution in [0.2, 0.25) is 0 Å². The Kier molecular flexibility index (Phi) is 6.73. The molecule has 1 amide bonds. The Morgan fingerprint density at radius 3 is 2.36 bits per heavy atom. The lowest BCUT2D eigenvalue weighted by Crippen LogP contribution is -2.21. The van der Waals surface area contributed by atoms with Gasteiger partial charge in [-0.3, -0.25) is 9.59 Å². The number of amides is 1. The summed E-state index contributed by atoms with van der Waals surface area (Å²) in [5, 5.41) is 11.5. The predicted octanol–water partition coefficient (Wildman–Crippen LogP) is 2.89. The third-order valence-electron chi connectivity index (χ3n) is 3.65. The lowest BCUT2D eigenvalue weighted by Gasteiger charge is -2.07. The molecular formula is C20H20N2O3. The number of carbonyl (C=O) groups excluding carboxylic acids is 2. The maximum Gasteiger partial charge on any atom is 0.216 e. The van der Waals surface area contributed by atoms with Gasteiger partial charge in [0, 0.05) is 19.0 Å². The van der Waals surface area contributed by atoms with E-state index in [4.69, 9.17) is 10.00 Å². The number of aryl methyl sites for hydroxylation is 1. The van der Waals surface area contributed by atoms with Crippen LogP contribution in [0, 0.1) is 11.3 Å². The number of nitriles is 1. The van der Waals surface area contributed by atoms with Gasteiger partial charge in [-0.25, -0.2) is 0 Å². The molecule has 2 aromatic carbocycles. The van der Waals surface area contributed by atoms with E-state index in [1.165, 1.54) is 6.92 Å². The Hall–Kier alpha value is -3.13. The summed E-state index contributed by atoms with van der Waals surface area (Å²) in [5.74, 6) is 0.430. The molecule has 0 saturated heterocycles. The van der Waals surface area contributed by atoms with E-state index in [-0.39, 0.29) is 18.3 Å². The number of rotatable bonds is 8. The lowest BCUT2D eigenvalue weighted by molar-refractivity contribution is -0.118. The molecule has 0 fully saturated rings. The summed E-state index contributed by atoms with van der Waals surface area (Å²) in [6, 6.07) is 16.1. The molecule has 0 unspecified atom stereocenters. The Balaban J connectivity index is 1.81. The smallest absolute Gasteiger partial charge is 0.216 e. The van der Waals surface area contributed by atoms with Crippen LogP contribution in [0.5, 0.6) is 5.75 Å². The fourth-order valence-corrected chi connectivity index (χ4v) is 2.27. The van der Waals surface area contributed by atoms with Gasteiger partial charge in [0.05, 0.1) is 11.6 Å². The molecule has 0 atom stereocenters. The van der Waals surface area contributed by atoms with Crippen molar-refractivity contribution < 1.29 is 14.3 Å². The summed E-state index contributed by atoms with van der Waals surface area (Å²) in [6.45, 7) is 2.10. The zero-order valence-corrected chi connectivity index (χ0v) is 14.1. The van der Waals surface area contributed by atoms with Gasteiger partial charge >= 0.3 is 0 Å². The quantitative estimate of drug-likeness (QED) is 0.594. The number of nitrogens with zero attached hydrogens (tertiary/aromatic N) is 1. The summed E-state index contributed by atoms with van der Waals surface area (Å²) in [5.41, 5.74) is 2.27. The van der Waals surface area contributed by atoms with Crippen molar-refractivity contribution in [2.24, 2.45) is 0 Å². The molecule has 2 aromatic rings. The Morgan fingerprint density at radius 1 is 1.08 bits per heavy atom. The molecule has 0 radical (unpaired) electrons. The SMILES string of the molecule is CC(=O)NCCCc1ccc(C(=O)COc2ccc(C#N)cc2)cc1. The van der Waals surface area contributed by atoms with Gasteiger partial charge in [0.2, 0.25) is 5.91 Å². The van der Waals surface area contributed by atoms with Crippen molar-refractivity contribution in [2.45, 2.75) is 19.8 Å². The second-order valence-corrected chi connectivity index (χ2v) is 5.63.